The van der Waals surface area contributed by atoms with Crippen LogP contribution in [-0.2, 0) is 20.1 Å². The summed E-state index contributed by atoms with van der Waals surface area (Å²) < 4.78 is 7.42. The van der Waals surface area contributed by atoms with Crippen LogP contribution in [0.3, 0.4) is 0 Å². The predicted octanol–water partition coefficient (Wildman–Crippen LogP) is 3.47. The number of nitro groups is 1. The number of nitro benzene ring substituents is 1. The highest BCUT2D eigenvalue weighted by Crippen LogP contribution is 2.29. The van der Waals surface area contributed by atoms with Gasteiger partial charge in [0, 0.05) is 61.9 Å². The van der Waals surface area contributed by atoms with E-state index in [1.807, 2.05) is 31.6 Å². The number of pyridine rings is 1. The largest absolute Gasteiger partial charge is 0.477 e. The van der Waals surface area contributed by atoms with E-state index in [0.717, 1.165) is 29.0 Å². The predicted molar refractivity (Wildman–Crippen MR) is 108 cm³/mol. The van der Waals surface area contributed by atoms with Gasteiger partial charge in [0.1, 0.15) is 0 Å². The van der Waals surface area contributed by atoms with Crippen molar-refractivity contribution in [3.8, 4) is 17.1 Å². The second-order valence-electron chi connectivity index (χ2n) is 7.34. The average molecular weight is 393 g/mol. The van der Waals surface area contributed by atoms with Crippen molar-refractivity contribution < 1.29 is 9.66 Å². The van der Waals surface area contributed by atoms with Crippen LogP contribution in [0.1, 0.15) is 24.0 Å². The first kappa shape index (κ1) is 19.1. The Balaban J connectivity index is 1.35. The fourth-order valence-corrected chi connectivity index (χ4v) is 3.08. The zero-order chi connectivity index (χ0) is 20.2. The molecule has 0 aliphatic heterocycles. The summed E-state index contributed by atoms with van der Waals surface area (Å²) in [5, 5.41) is 18.8. The average Bonchev–Trinajstić information content (AvgIpc) is 3.48. The molecule has 0 spiro atoms. The fourth-order valence-electron chi connectivity index (χ4n) is 3.08. The molecule has 1 aliphatic rings. The van der Waals surface area contributed by atoms with E-state index >= 15 is 0 Å². The van der Waals surface area contributed by atoms with Crippen molar-refractivity contribution in [3.63, 3.8) is 0 Å². The van der Waals surface area contributed by atoms with E-state index in [0.29, 0.717) is 24.9 Å². The zero-order valence-electron chi connectivity index (χ0n) is 16.2. The number of rotatable bonds is 9. The Labute approximate surface area is 168 Å². The minimum Gasteiger partial charge on any atom is -0.477 e. The van der Waals surface area contributed by atoms with Crippen molar-refractivity contribution in [2.75, 3.05) is 6.61 Å². The lowest BCUT2D eigenvalue weighted by molar-refractivity contribution is -0.384. The highest BCUT2D eigenvalue weighted by Gasteiger charge is 2.22. The maximum atomic E-state index is 10.8. The van der Waals surface area contributed by atoms with Gasteiger partial charge in [0.2, 0.25) is 5.88 Å². The van der Waals surface area contributed by atoms with Crippen LogP contribution in [-0.4, -0.2) is 26.3 Å². The number of hydrogen-bond acceptors (Lipinski definition) is 6. The van der Waals surface area contributed by atoms with Gasteiger partial charge in [0.25, 0.3) is 5.69 Å². The molecule has 1 fully saturated rings. The van der Waals surface area contributed by atoms with Crippen molar-refractivity contribution in [2.45, 2.75) is 25.9 Å². The molecule has 4 rings (SSSR count). The maximum absolute atomic E-state index is 10.8. The van der Waals surface area contributed by atoms with Gasteiger partial charge in [-0.15, -0.1) is 0 Å². The number of ether oxygens (including phenoxy) is 1. The molecule has 1 aromatic carbocycles. The summed E-state index contributed by atoms with van der Waals surface area (Å²) in [5.41, 5.74) is 3.84. The van der Waals surface area contributed by atoms with Gasteiger partial charge in [-0.2, -0.15) is 5.10 Å². The molecule has 8 heteroatoms. The van der Waals surface area contributed by atoms with Gasteiger partial charge in [-0.05, 0) is 36.5 Å². The van der Waals surface area contributed by atoms with Gasteiger partial charge in [-0.3, -0.25) is 14.8 Å². The third-order valence-corrected chi connectivity index (χ3v) is 4.86. The van der Waals surface area contributed by atoms with E-state index in [1.54, 1.807) is 16.8 Å². The SMILES string of the molecule is Cn1cc(CNCc2ccc(OCC3CC3)nc2)c(-c2ccc([N+](=O)[O-])cc2)n1. The van der Waals surface area contributed by atoms with Crippen LogP contribution in [0, 0.1) is 16.0 Å². The second-order valence-corrected chi connectivity index (χ2v) is 7.34. The van der Waals surface area contributed by atoms with E-state index in [2.05, 4.69) is 15.4 Å². The van der Waals surface area contributed by atoms with Crippen molar-refractivity contribution >= 4 is 5.69 Å². The molecule has 0 atom stereocenters. The molecule has 1 N–H and O–H groups in total. The Bertz CT molecular complexity index is 979. The van der Waals surface area contributed by atoms with Crippen LogP contribution in [0.25, 0.3) is 11.3 Å². The van der Waals surface area contributed by atoms with Gasteiger partial charge < -0.3 is 10.1 Å². The van der Waals surface area contributed by atoms with Crippen LogP contribution >= 0.6 is 0 Å². The first-order valence-corrected chi connectivity index (χ1v) is 9.64. The highest BCUT2D eigenvalue weighted by molar-refractivity contribution is 5.64. The van der Waals surface area contributed by atoms with Crippen LogP contribution in [0.5, 0.6) is 5.88 Å². The van der Waals surface area contributed by atoms with Crippen molar-refractivity contribution in [1.82, 2.24) is 20.1 Å². The first-order valence-electron chi connectivity index (χ1n) is 9.64. The molecular formula is C21H23N5O3. The molecule has 8 nitrogen and oxygen atoms in total. The minimum absolute atomic E-state index is 0.0708. The molecule has 1 aliphatic carbocycles. The Morgan fingerprint density at radius 2 is 2.00 bits per heavy atom. The normalized spacial score (nSPS) is 13.4. The molecule has 0 amide bonds. The molecule has 0 saturated heterocycles. The fraction of sp³-hybridized carbons (Fsp3) is 0.333. The molecule has 150 valence electrons. The number of aromatic nitrogens is 3. The summed E-state index contributed by atoms with van der Waals surface area (Å²) in [4.78, 5) is 14.8. The molecule has 0 bridgehead atoms. The summed E-state index contributed by atoms with van der Waals surface area (Å²) >= 11 is 0. The zero-order valence-corrected chi connectivity index (χ0v) is 16.2. The van der Waals surface area contributed by atoms with Crippen LogP contribution < -0.4 is 10.1 Å². The van der Waals surface area contributed by atoms with Crippen molar-refractivity contribution in [1.29, 1.82) is 0 Å². The molecule has 29 heavy (non-hydrogen) atoms. The number of nitrogens with zero attached hydrogens (tertiary/aromatic N) is 4. The molecule has 1 saturated carbocycles. The minimum atomic E-state index is -0.402. The topological polar surface area (TPSA) is 95.1 Å². The molecule has 0 unspecified atom stereocenters. The van der Waals surface area contributed by atoms with Gasteiger partial charge in [-0.25, -0.2) is 4.98 Å². The lowest BCUT2D eigenvalue weighted by Gasteiger charge is -2.07. The van der Waals surface area contributed by atoms with Crippen LogP contribution in [0.4, 0.5) is 5.69 Å². The first-order chi connectivity index (χ1) is 14.1. The van der Waals surface area contributed by atoms with Crippen LogP contribution in [0.15, 0.2) is 48.8 Å². The standard InChI is InChI=1S/C21H23N5O3/c1-25-13-18(21(24-25)17-5-7-19(8-6-17)26(27)28)12-22-10-16-4-9-20(23-11-16)29-14-15-2-3-15/h4-9,11,13,15,22H,2-3,10,12,14H2,1H3. The molecule has 2 heterocycles. The van der Waals surface area contributed by atoms with Gasteiger partial charge in [0.05, 0.1) is 17.2 Å². The van der Waals surface area contributed by atoms with E-state index < -0.39 is 4.92 Å². The number of hydrogen-bond donors (Lipinski definition) is 1. The number of non-ortho nitro benzene ring substituents is 1. The number of aryl methyl sites for hydroxylation is 1. The summed E-state index contributed by atoms with van der Waals surface area (Å²) in [5.74, 6) is 1.39. The number of nitrogens with one attached hydrogen (secondary N) is 1. The van der Waals surface area contributed by atoms with Gasteiger partial charge in [-0.1, -0.05) is 6.07 Å². The summed E-state index contributed by atoms with van der Waals surface area (Å²) in [6.07, 6.45) is 6.31. The smallest absolute Gasteiger partial charge is 0.269 e. The van der Waals surface area contributed by atoms with E-state index in [4.69, 9.17) is 4.74 Å². The quantitative estimate of drug-likeness (QED) is 0.442. The highest BCUT2D eigenvalue weighted by atomic mass is 16.6. The Morgan fingerprint density at radius 3 is 2.66 bits per heavy atom. The molecular weight excluding hydrogens is 370 g/mol. The Morgan fingerprint density at radius 1 is 1.21 bits per heavy atom. The van der Waals surface area contributed by atoms with Crippen molar-refractivity contribution in [2.24, 2.45) is 13.0 Å². The summed E-state index contributed by atoms with van der Waals surface area (Å²) in [7, 11) is 1.86. The molecule has 0 radical (unpaired) electrons. The monoisotopic (exact) mass is 393 g/mol. The molecule has 3 aromatic rings. The third-order valence-electron chi connectivity index (χ3n) is 4.86. The van der Waals surface area contributed by atoms with Crippen molar-refractivity contribution in [3.05, 3.63) is 70.0 Å². The van der Waals surface area contributed by atoms with Crippen LogP contribution in [0.2, 0.25) is 0 Å². The lowest BCUT2D eigenvalue weighted by atomic mass is 10.1. The maximum Gasteiger partial charge on any atom is 0.269 e. The Hall–Kier alpha value is -3.26. The summed E-state index contributed by atoms with van der Waals surface area (Å²) in [6.45, 7) is 2.06. The van der Waals surface area contributed by atoms with Gasteiger partial charge >= 0.3 is 0 Å². The third kappa shape index (κ3) is 4.97. The molecule has 2 aromatic heterocycles. The lowest BCUT2D eigenvalue weighted by Crippen LogP contribution is -2.13. The van der Waals surface area contributed by atoms with Gasteiger partial charge in [0.15, 0.2) is 0 Å². The van der Waals surface area contributed by atoms with E-state index in [-0.39, 0.29) is 5.69 Å². The summed E-state index contributed by atoms with van der Waals surface area (Å²) in [6, 6.07) is 10.4. The van der Waals surface area contributed by atoms with E-state index in [9.17, 15) is 10.1 Å². The Kier molecular flexibility index (Phi) is 5.53. The second kappa shape index (κ2) is 8.40. The van der Waals surface area contributed by atoms with E-state index in [1.165, 1.54) is 25.0 Å². The number of benzene rings is 1.